The summed E-state index contributed by atoms with van der Waals surface area (Å²) in [4.78, 5) is 16.5. The van der Waals surface area contributed by atoms with Gasteiger partial charge in [-0.2, -0.15) is 0 Å². The van der Waals surface area contributed by atoms with Crippen molar-refractivity contribution in [1.82, 2.24) is 10.3 Å². The van der Waals surface area contributed by atoms with Crippen LogP contribution in [0.25, 0.3) is 0 Å². The first kappa shape index (κ1) is 15.5. The Morgan fingerprint density at radius 2 is 2.05 bits per heavy atom. The molecule has 1 aromatic heterocycles. The summed E-state index contributed by atoms with van der Waals surface area (Å²) in [6.45, 7) is 13.0. The number of hydrogen-bond donors (Lipinski definition) is 2. The standard InChI is InChI=1S/C15H25N3O/c1-7-16-13-8-10(2)17-9-12(13)14(19)18-11(3)15(4,5)6/h8-9,11H,7H2,1-6H3,(H,16,17)(H,18,19). The number of nitrogens with one attached hydrogen (secondary N) is 2. The van der Waals surface area contributed by atoms with Crippen molar-refractivity contribution in [2.24, 2.45) is 5.41 Å². The molecular formula is C15H25N3O. The van der Waals surface area contributed by atoms with E-state index in [1.807, 2.05) is 26.8 Å². The maximum Gasteiger partial charge on any atom is 0.255 e. The fourth-order valence-electron chi connectivity index (χ4n) is 1.57. The predicted octanol–water partition coefficient (Wildman–Crippen LogP) is 2.99. The summed E-state index contributed by atoms with van der Waals surface area (Å²) >= 11 is 0. The van der Waals surface area contributed by atoms with Crippen LogP contribution >= 0.6 is 0 Å². The minimum Gasteiger partial charge on any atom is -0.385 e. The Morgan fingerprint density at radius 3 is 2.58 bits per heavy atom. The van der Waals surface area contributed by atoms with E-state index >= 15 is 0 Å². The monoisotopic (exact) mass is 263 g/mol. The Morgan fingerprint density at radius 1 is 1.42 bits per heavy atom. The highest BCUT2D eigenvalue weighted by atomic mass is 16.1. The molecule has 0 bridgehead atoms. The van der Waals surface area contributed by atoms with E-state index in [9.17, 15) is 4.79 Å². The summed E-state index contributed by atoms with van der Waals surface area (Å²) in [7, 11) is 0. The molecule has 1 amide bonds. The number of rotatable bonds is 4. The summed E-state index contributed by atoms with van der Waals surface area (Å²) in [5.41, 5.74) is 2.38. The van der Waals surface area contributed by atoms with Crippen molar-refractivity contribution in [2.75, 3.05) is 11.9 Å². The first-order chi connectivity index (χ1) is 8.75. The molecule has 2 N–H and O–H groups in total. The average Bonchev–Trinajstić information content (AvgIpc) is 2.28. The quantitative estimate of drug-likeness (QED) is 0.878. The molecule has 0 spiro atoms. The largest absolute Gasteiger partial charge is 0.385 e. The molecule has 0 aliphatic carbocycles. The number of anilines is 1. The zero-order chi connectivity index (χ0) is 14.6. The van der Waals surface area contributed by atoms with Gasteiger partial charge in [0.1, 0.15) is 0 Å². The molecule has 0 saturated carbocycles. The number of amides is 1. The smallest absolute Gasteiger partial charge is 0.255 e. The molecule has 1 unspecified atom stereocenters. The van der Waals surface area contributed by atoms with Crippen molar-refractivity contribution < 1.29 is 4.79 Å². The minimum atomic E-state index is -0.0779. The lowest BCUT2D eigenvalue weighted by molar-refractivity contribution is 0.0910. The summed E-state index contributed by atoms with van der Waals surface area (Å²) in [5, 5.41) is 6.24. The van der Waals surface area contributed by atoms with Gasteiger partial charge in [-0.3, -0.25) is 9.78 Å². The Labute approximate surface area is 116 Å². The second-order valence-corrected chi connectivity index (χ2v) is 5.96. The number of hydrogen-bond acceptors (Lipinski definition) is 3. The first-order valence-corrected chi connectivity index (χ1v) is 6.77. The van der Waals surface area contributed by atoms with Crippen molar-refractivity contribution >= 4 is 11.6 Å². The zero-order valence-electron chi connectivity index (χ0n) is 12.8. The molecule has 4 nitrogen and oxygen atoms in total. The van der Waals surface area contributed by atoms with Crippen LogP contribution < -0.4 is 10.6 Å². The van der Waals surface area contributed by atoms with E-state index in [-0.39, 0.29) is 17.4 Å². The van der Waals surface area contributed by atoms with Gasteiger partial charge in [-0.25, -0.2) is 0 Å². The van der Waals surface area contributed by atoms with E-state index in [2.05, 4.69) is 36.4 Å². The van der Waals surface area contributed by atoms with E-state index in [1.54, 1.807) is 6.20 Å². The number of carbonyl (C=O) groups excluding carboxylic acids is 1. The first-order valence-electron chi connectivity index (χ1n) is 6.77. The highest BCUT2D eigenvalue weighted by molar-refractivity contribution is 5.99. The molecule has 0 radical (unpaired) electrons. The molecular weight excluding hydrogens is 238 g/mol. The van der Waals surface area contributed by atoms with E-state index in [0.717, 1.165) is 17.9 Å². The Balaban J connectivity index is 2.93. The molecule has 0 aromatic carbocycles. The third-order valence-corrected chi connectivity index (χ3v) is 3.30. The SMILES string of the molecule is CCNc1cc(C)ncc1C(=O)NC(C)C(C)(C)C. The maximum atomic E-state index is 12.3. The van der Waals surface area contributed by atoms with E-state index in [0.29, 0.717) is 5.56 Å². The van der Waals surface area contributed by atoms with Crippen LogP contribution in [-0.2, 0) is 0 Å². The van der Waals surface area contributed by atoms with Crippen LogP contribution in [-0.4, -0.2) is 23.5 Å². The number of aryl methyl sites for hydroxylation is 1. The molecule has 0 aliphatic heterocycles. The van der Waals surface area contributed by atoms with Gasteiger partial charge < -0.3 is 10.6 Å². The fraction of sp³-hybridized carbons (Fsp3) is 0.600. The van der Waals surface area contributed by atoms with Crippen LogP contribution in [0.3, 0.4) is 0 Å². The van der Waals surface area contributed by atoms with Gasteiger partial charge in [0, 0.05) is 24.5 Å². The molecule has 4 heteroatoms. The molecule has 1 atom stereocenters. The van der Waals surface area contributed by atoms with Crippen LogP contribution in [0.15, 0.2) is 12.3 Å². The lowest BCUT2D eigenvalue weighted by atomic mass is 9.88. The van der Waals surface area contributed by atoms with Gasteiger partial charge in [-0.05, 0) is 32.3 Å². The van der Waals surface area contributed by atoms with Crippen LogP contribution in [0.4, 0.5) is 5.69 Å². The second-order valence-electron chi connectivity index (χ2n) is 5.96. The number of carbonyl (C=O) groups is 1. The third kappa shape index (κ3) is 4.23. The number of pyridine rings is 1. The van der Waals surface area contributed by atoms with Crippen LogP contribution in [0.5, 0.6) is 0 Å². The second kappa shape index (κ2) is 6.04. The molecule has 1 rings (SSSR count). The highest BCUT2D eigenvalue weighted by Crippen LogP contribution is 2.20. The van der Waals surface area contributed by atoms with Gasteiger partial charge in [-0.1, -0.05) is 20.8 Å². The van der Waals surface area contributed by atoms with Gasteiger partial charge in [0.05, 0.1) is 11.3 Å². The Kier molecular flexibility index (Phi) is 4.92. The van der Waals surface area contributed by atoms with E-state index in [4.69, 9.17) is 0 Å². The summed E-state index contributed by atoms with van der Waals surface area (Å²) in [6, 6.07) is 2.00. The molecule has 0 aliphatic rings. The fourth-order valence-corrected chi connectivity index (χ4v) is 1.57. The number of nitrogens with zero attached hydrogens (tertiary/aromatic N) is 1. The maximum absolute atomic E-state index is 12.3. The van der Waals surface area contributed by atoms with E-state index < -0.39 is 0 Å². The van der Waals surface area contributed by atoms with Gasteiger partial charge in [-0.15, -0.1) is 0 Å². The Hall–Kier alpha value is -1.58. The summed E-state index contributed by atoms with van der Waals surface area (Å²) < 4.78 is 0. The average molecular weight is 263 g/mol. The molecule has 19 heavy (non-hydrogen) atoms. The van der Waals surface area contributed by atoms with Crippen molar-refractivity contribution in [3.8, 4) is 0 Å². The van der Waals surface area contributed by atoms with Crippen molar-refractivity contribution in [2.45, 2.75) is 47.6 Å². The Bertz CT molecular complexity index is 449. The minimum absolute atomic E-state index is 0.0339. The molecule has 0 fully saturated rings. The molecule has 0 saturated heterocycles. The van der Waals surface area contributed by atoms with Crippen molar-refractivity contribution in [1.29, 1.82) is 0 Å². The lowest BCUT2D eigenvalue weighted by Gasteiger charge is -2.28. The topological polar surface area (TPSA) is 54.0 Å². The van der Waals surface area contributed by atoms with Gasteiger partial charge in [0.2, 0.25) is 0 Å². The molecule has 1 aromatic rings. The van der Waals surface area contributed by atoms with Gasteiger partial charge in [0.15, 0.2) is 0 Å². The third-order valence-electron chi connectivity index (χ3n) is 3.30. The molecule has 1 heterocycles. The van der Waals surface area contributed by atoms with Crippen LogP contribution in [0.1, 0.15) is 50.7 Å². The summed E-state index contributed by atoms with van der Waals surface area (Å²) in [5.74, 6) is -0.0779. The van der Waals surface area contributed by atoms with Gasteiger partial charge in [0.25, 0.3) is 5.91 Å². The van der Waals surface area contributed by atoms with Crippen molar-refractivity contribution in [3.05, 3.63) is 23.5 Å². The van der Waals surface area contributed by atoms with Crippen LogP contribution in [0.2, 0.25) is 0 Å². The lowest BCUT2D eigenvalue weighted by Crippen LogP contribution is -2.41. The summed E-state index contributed by atoms with van der Waals surface area (Å²) in [6.07, 6.45) is 1.64. The van der Waals surface area contributed by atoms with Gasteiger partial charge >= 0.3 is 0 Å². The number of aromatic nitrogens is 1. The highest BCUT2D eigenvalue weighted by Gasteiger charge is 2.23. The normalized spacial score (nSPS) is 12.9. The van der Waals surface area contributed by atoms with Crippen LogP contribution in [0, 0.1) is 12.3 Å². The van der Waals surface area contributed by atoms with E-state index in [1.165, 1.54) is 0 Å². The predicted molar refractivity (Wildman–Crippen MR) is 79.5 cm³/mol. The molecule has 106 valence electrons. The zero-order valence-corrected chi connectivity index (χ0v) is 12.8. The van der Waals surface area contributed by atoms with Crippen molar-refractivity contribution in [3.63, 3.8) is 0 Å².